The average Bonchev–Trinajstić information content (AvgIpc) is 3.26. The zero-order chi connectivity index (χ0) is 19.0. The Morgan fingerprint density at radius 3 is 2.75 bits per heavy atom. The molecule has 142 valence electrons. The molecule has 1 aromatic heterocycles. The highest BCUT2D eigenvalue weighted by atomic mass is 16.5. The van der Waals surface area contributed by atoms with Crippen molar-refractivity contribution in [1.82, 2.24) is 25.9 Å². The molecule has 0 bridgehead atoms. The highest BCUT2D eigenvalue weighted by Crippen LogP contribution is 2.23. The van der Waals surface area contributed by atoms with Gasteiger partial charge in [-0.2, -0.15) is 5.21 Å². The maximum absolute atomic E-state index is 5.91. The van der Waals surface area contributed by atoms with Crippen molar-refractivity contribution in [2.24, 2.45) is 5.92 Å². The second-order valence-electron chi connectivity index (χ2n) is 6.80. The fourth-order valence-electron chi connectivity index (χ4n) is 3.16. The zero-order valence-corrected chi connectivity index (χ0v) is 15.6. The largest absolute Gasteiger partial charge is 0.457 e. The van der Waals surface area contributed by atoms with Crippen LogP contribution in [0.3, 0.4) is 0 Å². The van der Waals surface area contributed by atoms with Gasteiger partial charge in [0.05, 0.1) is 0 Å². The summed E-state index contributed by atoms with van der Waals surface area (Å²) in [7, 11) is 0. The van der Waals surface area contributed by atoms with Crippen molar-refractivity contribution in [2.45, 2.75) is 25.8 Å². The number of hydrogen-bond acceptors (Lipinski definition) is 5. The van der Waals surface area contributed by atoms with E-state index >= 15 is 0 Å². The topological polar surface area (TPSA) is 75.7 Å². The predicted molar refractivity (Wildman–Crippen MR) is 108 cm³/mol. The minimum absolute atomic E-state index is 0.520. The van der Waals surface area contributed by atoms with Crippen LogP contribution in [0.2, 0.25) is 0 Å². The van der Waals surface area contributed by atoms with E-state index in [-0.39, 0.29) is 0 Å². The van der Waals surface area contributed by atoms with Gasteiger partial charge >= 0.3 is 0 Å². The van der Waals surface area contributed by atoms with Crippen LogP contribution in [0.4, 0.5) is 0 Å². The van der Waals surface area contributed by atoms with Gasteiger partial charge in [0.25, 0.3) is 0 Å². The van der Waals surface area contributed by atoms with Crippen LogP contribution < -0.4 is 10.1 Å². The van der Waals surface area contributed by atoms with E-state index in [9.17, 15) is 0 Å². The highest BCUT2D eigenvalue weighted by Gasteiger charge is 2.10. The lowest BCUT2D eigenvalue weighted by Gasteiger charge is -2.17. The SMILES string of the molecule is C1=CC(CCc2nn[nH]n2)CC=C1NCc1cccc(Oc2ccccc2)c1. The molecule has 1 aliphatic rings. The van der Waals surface area contributed by atoms with Crippen molar-refractivity contribution in [2.75, 3.05) is 0 Å². The number of ether oxygens (including phenoxy) is 1. The van der Waals surface area contributed by atoms with Crippen molar-refractivity contribution in [3.63, 3.8) is 0 Å². The second kappa shape index (κ2) is 8.99. The minimum Gasteiger partial charge on any atom is -0.457 e. The number of aromatic nitrogens is 4. The van der Waals surface area contributed by atoms with Gasteiger partial charge in [0.1, 0.15) is 11.5 Å². The van der Waals surface area contributed by atoms with Crippen LogP contribution in [-0.4, -0.2) is 20.6 Å². The summed E-state index contributed by atoms with van der Waals surface area (Å²) >= 11 is 0. The van der Waals surface area contributed by atoms with Crippen molar-refractivity contribution in [3.8, 4) is 11.5 Å². The Balaban J connectivity index is 1.26. The van der Waals surface area contributed by atoms with Crippen molar-refractivity contribution >= 4 is 0 Å². The monoisotopic (exact) mass is 373 g/mol. The molecule has 0 spiro atoms. The van der Waals surface area contributed by atoms with Gasteiger partial charge in [0.2, 0.25) is 0 Å². The smallest absolute Gasteiger partial charge is 0.174 e. The maximum Gasteiger partial charge on any atom is 0.174 e. The van der Waals surface area contributed by atoms with Crippen molar-refractivity contribution in [3.05, 3.63) is 89.9 Å². The van der Waals surface area contributed by atoms with Crippen LogP contribution in [0.1, 0.15) is 24.2 Å². The quantitative estimate of drug-likeness (QED) is 0.620. The normalized spacial score (nSPS) is 15.9. The summed E-state index contributed by atoms with van der Waals surface area (Å²) < 4.78 is 5.91. The Bertz CT molecular complexity index is 935. The molecule has 6 nitrogen and oxygen atoms in total. The lowest BCUT2D eigenvalue weighted by Crippen LogP contribution is -2.14. The number of nitrogens with one attached hydrogen (secondary N) is 2. The van der Waals surface area contributed by atoms with Gasteiger partial charge in [-0.15, -0.1) is 10.2 Å². The number of aromatic amines is 1. The van der Waals surface area contributed by atoms with Crippen molar-refractivity contribution in [1.29, 1.82) is 0 Å². The molecule has 1 unspecified atom stereocenters. The third-order valence-corrected chi connectivity index (χ3v) is 4.69. The first-order valence-electron chi connectivity index (χ1n) is 9.51. The predicted octanol–water partition coefficient (Wildman–Crippen LogP) is 4.17. The lowest BCUT2D eigenvalue weighted by atomic mass is 9.94. The number of nitrogens with zero attached hydrogens (tertiary/aromatic N) is 3. The Kier molecular flexibility index (Phi) is 5.77. The van der Waals surface area contributed by atoms with Crippen LogP contribution in [-0.2, 0) is 13.0 Å². The van der Waals surface area contributed by atoms with Crippen LogP contribution in [0, 0.1) is 5.92 Å². The molecule has 3 aromatic rings. The molecule has 0 amide bonds. The van der Waals surface area contributed by atoms with Gasteiger partial charge in [0, 0.05) is 18.7 Å². The van der Waals surface area contributed by atoms with E-state index in [1.807, 2.05) is 42.5 Å². The summed E-state index contributed by atoms with van der Waals surface area (Å²) in [5.41, 5.74) is 2.34. The lowest BCUT2D eigenvalue weighted by molar-refractivity contribution is 0.482. The molecule has 0 saturated heterocycles. The number of aryl methyl sites for hydroxylation is 1. The number of rotatable bonds is 8. The van der Waals surface area contributed by atoms with E-state index < -0.39 is 0 Å². The first-order chi connectivity index (χ1) is 13.8. The summed E-state index contributed by atoms with van der Waals surface area (Å²) in [4.78, 5) is 0. The molecule has 2 aromatic carbocycles. The first-order valence-corrected chi connectivity index (χ1v) is 9.51. The molecule has 0 saturated carbocycles. The fourth-order valence-corrected chi connectivity index (χ4v) is 3.16. The number of para-hydroxylation sites is 1. The van der Waals surface area contributed by atoms with E-state index in [4.69, 9.17) is 4.74 Å². The minimum atomic E-state index is 0.520. The molecule has 4 rings (SSSR count). The molecular formula is C22H23N5O. The Morgan fingerprint density at radius 1 is 1.07 bits per heavy atom. The molecule has 1 aliphatic carbocycles. The number of allylic oxidation sites excluding steroid dienone is 3. The van der Waals surface area contributed by atoms with Crippen LogP contribution >= 0.6 is 0 Å². The van der Waals surface area contributed by atoms with Gasteiger partial charge in [-0.1, -0.05) is 47.7 Å². The third kappa shape index (κ3) is 5.07. The number of tetrazole rings is 1. The molecule has 28 heavy (non-hydrogen) atoms. The number of hydrogen-bond donors (Lipinski definition) is 2. The summed E-state index contributed by atoms with van der Waals surface area (Å²) in [6.07, 6.45) is 9.57. The van der Waals surface area contributed by atoms with Crippen molar-refractivity contribution < 1.29 is 4.74 Å². The Labute approximate surface area is 164 Å². The average molecular weight is 373 g/mol. The molecule has 6 heteroatoms. The number of benzene rings is 2. The van der Waals surface area contributed by atoms with Crippen LogP contribution in [0.15, 0.2) is 78.5 Å². The van der Waals surface area contributed by atoms with E-state index in [0.29, 0.717) is 5.92 Å². The first kappa shape index (κ1) is 18.0. The van der Waals surface area contributed by atoms with E-state index in [1.54, 1.807) is 0 Å². The molecule has 2 N–H and O–H groups in total. The molecule has 0 fully saturated rings. The molecule has 1 atom stereocenters. The maximum atomic E-state index is 5.91. The molecule has 1 heterocycles. The highest BCUT2D eigenvalue weighted by molar-refractivity contribution is 5.34. The summed E-state index contributed by atoms with van der Waals surface area (Å²) in [5, 5.41) is 17.6. The Hall–Kier alpha value is -3.41. The molecular weight excluding hydrogens is 350 g/mol. The van der Waals surface area contributed by atoms with Gasteiger partial charge in [-0.3, -0.25) is 0 Å². The van der Waals surface area contributed by atoms with Crippen LogP contribution in [0.5, 0.6) is 11.5 Å². The van der Waals surface area contributed by atoms with E-state index in [0.717, 1.165) is 48.8 Å². The second-order valence-corrected chi connectivity index (χ2v) is 6.80. The summed E-state index contributed by atoms with van der Waals surface area (Å²) in [6.45, 7) is 0.760. The van der Waals surface area contributed by atoms with Gasteiger partial charge in [-0.05, 0) is 54.7 Å². The summed E-state index contributed by atoms with van der Waals surface area (Å²) in [5.74, 6) is 2.99. The van der Waals surface area contributed by atoms with Crippen LogP contribution in [0.25, 0.3) is 0 Å². The standard InChI is InChI=1S/C22H23N5O/c1-2-6-20(7-3-1)28-21-8-4-5-18(15-21)16-23-19-12-9-17(10-13-19)11-14-22-24-26-27-25-22/h1-9,12-13,15,17,23H,10-11,14,16H2,(H,24,25,26,27). The van der Waals surface area contributed by atoms with E-state index in [1.165, 1.54) is 5.56 Å². The third-order valence-electron chi connectivity index (χ3n) is 4.69. The molecule has 0 aliphatic heterocycles. The van der Waals surface area contributed by atoms with Gasteiger partial charge in [-0.25, -0.2) is 0 Å². The molecule has 0 radical (unpaired) electrons. The van der Waals surface area contributed by atoms with Gasteiger partial charge in [0.15, 0.2) is 5.82 Å². The fraction of sp³-hybridized carbons (Fsp3) is 0.227. The summed E-state index contributed by atoms with van der Waals surface area (Å²) in [6, 6.07) is 18.0. The number of H-pyrrole nitrogens is 1. The Morgan fingerprint density at radius 2 is 1.96 bits per heavy atom. The van der Waals surface area contributed by atoms with E-state index in [2.05, 4.69) is 56.3 Å². The van der Waals surface area contributed by atoms with Gasteiger partial charge < -0.3 is 10.1 Å². The zero-order valence-electron chi connectivity index (χ0n) is 15.6.